The average Bonchev–Trinajstić information content (AvgIpc) is 1.85. The summed E-state index contributed by atoms with van der Waals surface area (Å²) < 4.78 is 12.9. The molecule has 0 radical (unpaired) electrons. The lowest BCUT2D eigenvalue weighted by atomic mass is 10.1. The lowest BCUT2D eigenvalue weighted by Gasteiger charge is -1.99. The first-order chi connectivity index (χ1) is 5.15. The summed E-state index contributed by atoms with van der Waals surface area (Å²) in [5.74, 6) is -0.419. The number of halogens is 1. The van der Waals surface area contributed by atoms with Crippen molar-refractivity contribution >= 4 is 5.69 Å². The largest absolute Gasteiger partial charge is 0.235 e. The van der Waals surface area contributed by atoms with Crippen LogP contribution in [-0.2, 0) is 0 Å². The second kappa shape index (κ2) is 2.71. The molecule has 56 valence electrons. The van der Waals surface area contributed by atoms with Crippen molar-refractivity contribution in [3.8, 4) is 0 Å². The molecule has 0 aromatic heterocycles. The van der Waals surface area contributed by atoms with E-state index in [9.17, 15) is 4.39 Å². The van der Waals surface area contributed by atoms with Crippen LogP contribution >= 0.6 is 0 Å². The van der Waals surface area contributed by atoms with Crippen LogP contribution in [0.4, 0.5) is 10.1 Å². The highest BCUT2D eigenvalue weighted by molar-refractivity contribution is 5.54. The van der Waals surface area contributed by atoms with E-state index < -0.39 is 5.82 Å². The summed E-state index contributed by atoms with van der Waals surface area (Å²) in [6, 6.07) is 3.18. The maximum Gasteiger partial charge on any atom is 0.224 e. The van der Waals surface area contributed by atoms with Gasteiger partial charge in [0.2, 0.25) is 5.69 Å². The number of hydrogen-bond acceptors (Lipinski definition) is 0. The summed E-state index contributed by atoms with van der Waals surface area (Å²) in [5.41, 5.74) is 1.69. The van der Waals surface area contributed by atoms with E-state index in [1.54, 1.807) is 13.0 Å². The standard InChI is InChI=1S/C9H8FN/c1-6-4-7(2)9(11-3)8(10)5-6/h4-5H,1-2H3. The molecule has 2 heteroatoms. The Morgan fingerprint density at radius 3 is 2.45 bits per heavy atom. The number of benzene rings is 1. The highest BCUT2D eigenvalue weighted by Gasteiger charge is 2.04. The summed E-state index contributed by atoms with van der Waals surface area (Å²) in [7, 11) is 0. The molecule has 0 saturated carbocycles. The predicted octanol–water partition coefficient (Wildman–Crippen LogP) is 2.99. The first kappa shape index (κ1) is 7.74. The molecule has 1 aromatic carbocycles. The molecular formula is C9H8FN. The van der Waals surface area contributed by atoms with Crippen molar-refractivity contribution in [2.24, 2.45) is 0 Å². The van der Waals surface area contributed by atoms with Crippen LogP contribution in [0.5, 0.6) is 0 Å². The summed E-state index contributed by atoms with van der Waals surface area (Å²) in [4.78, 5) is 3.09. The quantitative estimate of drug-likeness (QED) is 0.499. The molecule has 1 aromatic rings. The second-order valence-corrected chi connectivity index (χ2v) is 2.52. The fourth-order valence-corrected chi connectivity index (χ4v) is 1.05. The van der Waals surface area contributed by atoms with Crippen LogP contribution in [0.15, 0.2) is 12.1 Å². The van der Waals surface area contributed by atoms with Gasteiger partial charge in [-0.3, -0.25) is 0 Å². The van der Waals surface area contributed by atoms with Crippen LogP contribution < -0.4 is 0 Å². The lowest BCUT2D eigenvalue weighted by Crippen LogP contribution is -1.82. The van der Waals surface area contributed by atoms with Crippen LogP contribution in [0.1, 0.15) is 11.1 Å². The monoisotopic (exact) mass is 149 g/mol. The molecule has 11 heavy (non-hydrogen) atoms. The molecule has 0 spiro atoms. The summed E-state index contributed by atoms with van der Waals surface area (Å²) in [6.07, 6.45) is 0. The molecule has 0 amide bonds. The van der Waals surface area contributed by atoms with Gasteiger partial charge in [-0.25, -0.2) is 9.24 Å². The molecule has 0 atom stereocenters. The third-order valence-electron chi connectivity index (χ3n) is 1.51. The van der Waals surface area contributed by atoms with Crippen molar-refractivity contribution in [1.29, 1.82) is 0 Å². The third-order valence-corrected chi connectivity index (χ3v) is 1.51. The van der Waals surface area contributed by atoms with Gasteiger partial charge in [-0.05, 0) is 25.5 Å². The van der Waals surface area contributed by atoms with Gasteiger partial charge in [-0.1, -0.05) is 11.6 Å². The van der Waals surface area contributed by atoms with Crippen LogP contribution in [0.25, 0.3) is 4.85 Å². The zero-order valence-electron chi connectivity index (χ0n) is 6.48. The van der Waals surface area contributed by atoms with Crippen molar-refractivity contribution in [3.63, 3.8) is 0 Å². The van der Waals surface area contributed by atoms with E-state index in [2.05, 4.69) is 4.85 Å². The molecular weight excluding hydrogens is 141 g/mol. The van der Waals surface area contributed by atoms with E-state index in [0.717, 1.165) is 5.56 Å². The van der Waals surface area contributed by atoms with Crippen LogP contribution in [0.2, 0.25) is 0 Å². The van der Waals surface area contributed by atoms with Crippen molar-refractivity contribution < 1.29 is 4.39 Å². The normalized spacial score (nSPS) is 9.27. The number of hydrogen-bond donors (Lipinski definition) is 0. The zero-order valence-corrected chi connectivity index (χ0v) is 6.48. The van der Waals surface area contributed by atoms with E-state index in [0.29, 0.717) is 5.56 Å². The van der Waals surface area contributed by atoms with Crippen LogP contribution in [0, 0.1) is 26.2 Å². The van der Waals surface area contributed by atoms with Gasteiger partial charge in [-0.15, -0.1) is 0 Å². The third kappa shape index (κ3) is 1.38. The fourth-order valence-electron chi connectivity index (χ4n) is 1.05. The molecule has 0 N–H and O–H groups in total. The minimum Gasteiger partial charge on any atom is -0.235 e. The number of aryl methyl sites for hydroxylation is 2. The minimum atomic E-state index is -0.419. The summed E-state index contributed by atoms with van der Waals surface area (Å²) in [5, 5.41) is 0. The van der Waals surface area contributed by atoms with Crippen LogP contribution in [0.3, 0.4) is 0 Å². The second-order valence-electron chi connectivity index (χ2n) is 2.52. The van der Waals surface area contributed by atoms with Gasteiger partial charge < -0.3 is 0 Å². The molecule has 0 heterocycles. The van der Waals surface area contributed by atoms with Crippen LogP contribution in [-0.4, -0.2) is 0 Å². The predicted molar refractivity (Wildman–Crippen MR) is 42.1 cm³/mol. The van der Waals surface area contributed by atoms with Gasteiger partial charge in [0.1, 0.15) is 5.82 Å². The van der Waals surface area contributed by atoms with Gasteiger partial charge in [0.05, 0.1) is 6.57 Å². The van der Waals surface area contributed by atoms with E-state index in [4.69, 9.17) is 6.57 Å². The SMILES string of the molecule is [C-]#[N+]c1c(C)cc(C)cc1F. The Kier molecular flexibility index (Phi) is 1.91. The molecule has 1 nitrogen and oxygen atoms in total. The molecule has 0 bridgehead atoms. The van der Waals surface area contributed by atoms with Gasteiger partial charge >= 0.3 is 0 Å². The molecule has 0 fully saturated rings. The van der Waals surface area contributed by atoms with Crippen molar-refractivity contribution in [2.75, 3.05) is 0 Å². The summed E-state index contributed by atoms with van der Waals surface area (Å²) >= 11 is 0. The minimum absolute atomic E-state index is 0.135. The maximum absolute atomic E-state index is 12.9. The zero-order chi connectivity index (χ0) is 8.43. The molecule has 0 aliphatic rings. The molecule has 0 aliphatic heterocycles. The lowest BCUT2D eigenvalue weighted by molar-refractivity contribution is 0.631. The number of rotatable bonds is 0. The Labute approximate surface area is 65.3 Å². The Bertz CT molecular complexity index is 300. The maximum atomic E-state index is 12.9. The van der Waals surface area contributed by atoms with Crippen molar-refractivity contribution in [3.05, 3.63) is 40.5 Å². The topological polar surface area (TPSA) is 4.36 Å². The molecule has 0 aliphatic carbocycles. The van der Waals surface area contributed by atoms with E-state index in [1.165, 1.54) is 6.07 Å². The molecule has 1 rings (SSSR count). The van der Waals surface area contributed by atoms with Crippen molar-refractivity contribution in [1.82, 2.24) is 0 Å². The van der Waals surface area contributed by atoms with Gasteiger partial charge in [0.15, 0.2) is 0 Å². The smallest absolute Gasteiger partial charge is 0.224 e. The van der Waals surface area contributed by atoms with Crippen molar-refractivity contribution in [2.45, 2.75) is 13.8 Å². The van der Waals surface area contributed by atoms with Gasteiger partial charge in [0.25, 0.3) is 0 Å². The average molecular weight is 149 g/mol. The molecule has 0 saturated heterocycles. The van der Waals surface area contributed by atoms with Gasteiger partial charge in [-0.2, -0.15) is 0 Å². The Balaban J connectivity index is 3.40. The van der Waals surface area contributed by atoms with E-state index in [-0.39, 0.29) is 5.69 Å². The molecule has 0 unspecified atom stereocenters. The Morgan fingerprint density at radius 1 is 1.36 bits per heavy atom. The number of nitrogens with zero attached hydrogens (tertiary/aromatic N) is 1. The Morgan fingerprint density at radius 2 is 2.00 bits per heavy atom. The highest BCUT2D eigenvalue weighted by Crippen LogP contribution is 2.23. The Hall–Kier alpha value is -1.36. The van der Waals surface area contributed by atoms with Gasteiger partial charge in [0, 0.05) is 0 Å². The first-order valence-corrected chi connectivity index (χ1v) is 3.29. The van der Waals surface area contributed by atoms with E-state index >= 15 is 0 Å². The summed E-state index contributed by atoms with van der Waals surface area (Å²) in [6.45, 7) is 10.2. The highest BCUT2D eigenvalue weighted by atomic mass is 19.1. The fraction of sp³-hybridized carbons (Fsp3) is 0.222. The van der Waals surface area contributed by atoms with E-state index in [1.807, 2.05) is 6.92 Å². The first-order valence-electron chi connectivity index (χ1n) is 3.29.